The molecule has 14 heavy (non-hydrogen) atoms. The summed E-state index contributed by atoms with van der Waals surface area (Å²) in [5.41, 5.74) is -2.15. The van der Waals surface area contributed by atoms with Gasteiger partial charge in [0.05, 0.1) is 10.9 Å². The van der Waals surface area contributed by atoms with E-state index in [1.807, 2.05) is 0 Å². The minimum atomic E-state index is -1.94. The maximum atomic E-state index is 12.7. The Bertz CT molecular complexity index is 383. The molecule has 0 spiro atoms. The molecule has 1 aromatic carbocycles. The van der Waals surface area contributed by atoms with E-state index in [4.69, 9.17) is 0 Å². The number of nitro groups is 1. The molecule has 0 unspecified atom stereocenters. The van der Waals surface area contributed by atoms with Crippen LogP contribution in [0.5, 0.6) is 0 Å². The van der Waals surface area contributed by atoms with Gasteiger partial charge in [0.2, 0.25) is 5.82 Å². The molecule has 0 saturated carbocycles. The Morgan fingerprint density at radius 1 is 1.29 bits per heavy atom. The molecule has 0 fully saturated rings. The van der Waals surface area contributed by atoms with Gasteiger partial charge in [-0.15, -0.1) is 0 Å². The first-order chi connectivity index (χ1) is 6.43. The van der Waals surface area contributed by atoms with Gasteiger partial charge in [-0.05, 0) is 0 Å². The van der Waals surface area contributed by atoms with Gasteiger partial charge >= 0.3 is 5.69 Å². The molecule has 7 heteroatoms. The molecule has 5 nitrogen and oxygen atoms in total. The lowest BCUT2D eigenvalue weighted by Crippen LogP contribution is -2.23. The minimum Gasteiger partial charge on any atom is -0.545 e. The fourth-order valence-corrected chi connectivity index (χ4v) is 0.834. The molecule has 0 saturated heterocycles. The molecule has 0 N–H and O–H groups in total. The normalized spacial score (nSPS) is 9.86. The standard InChI is InChI=1S/C7H3F2NO4/c8-4-2-5(9)6(10(13)14)1-3(4)7(11)12/h1-2H,(H,11,12)/p-1. The van der Waals surface area contributed by atoms with Crippen molar-refractivity contribution in [1.82, 2.24) is 0 Å². The molecule has 74 valence electrons. The van der Waals surface area contributed by atoms with Gasteiger partial charge in [0.1, 0.15) is 5.82 Å². The van der Waals surface area contributed by atoms with Crippen molar-refractivity contribution in [1.29, 1.82) is 0 Å². The van der Waals surface area contributed by atoms with E-state index in [2.05, 4.69) is 0 Å². The number of carboxylic acid groups (broad SMARTS) is 1. The highest BCUT2D eigenvalue weighted by atomic mass is 19.1. The van der Waals surface area contributed by atoms with Gasteiger partial charge in [0.25, 0.3) is 0 Å². The van der Waals surface area contributed by atoms with Gasteiger partial charge in [0.15, 0.2) is 0 Å². The van der Waals surface area contributed by atoms with E-state index < -0.39 is 33.8 Å². The maximum absolute atomic E-state index is 12.7. The number of halogens is 2. The zero-order valence-corrected chi connectivity index (χ0v) is 6.49. The zero-order chi connectivity index (χ0) is 10.9. The fourth-order valence-electron chi connectivity index (χ4n) is 0.834. The Morgan fingerprint density at radius 2 is 1.86 bits per heavy atom. The number of aromatic carboxylic acids is 1. The van der Waals surface area contributed by atoms with Crippen LogP contribution in [0.2, 0.25) is 0 Å². The van der Waals surface area contributed by atoms with Crippen molar-refractivity contribution in [2.75, 3.05) is 0 Å². The van der Waals surface area contributed by atoms with Gasteiger partial charge in [-0.1, -0.05) is 0 Å². The lowest BCUT2D eigenvalue weighted by Gasteiger charge is -2.03. The third kappa shape index (κ3) is 1.65. The quantitative estimate of drug-likeness (QED) is 0.507. The first-order valence-electron chi connectivity index (χ1n) is 3.28. The van der Waals surface area contributed by atoms with Crippen LogP contribution in [0.3, 0.4) is 0 Å². The highest BCUT2D eigenvalue weighted by Gasteiger charge is 2.18. The lowest BCUT2D eigenvalue weighted by molar-refractivity contribution is -0.387. The average molecular weight is 202 g/mol. The summed E-state index contributed by atoms with van der Waals surface area (Å²) < 4.78 is 25.3. The van der Waals surface area contributed by atoms with Gasteiger partial charge in [-0.25, -0.2) is 4.39 Å². The van der Waals surface area contributed by atoms with Crippen molar-refractivity contribution < 1.29 is 23.6 Å². The van der Waals surface area contributed by atoms with E-state index in [1.54, 1.807) is 0 Å². The van der Waals surface area contributed by atoms with E-state index in [9.17, 15) is 28.8 Å². The van der Waals surface area contributed by atoms with Gasteiger partial charge in [-0.3, -0.25) is 10.1 Å². The number of rotatable bonds is 2. The van der Waals surface area contributed by atoms with Crippen molar-refractivity contribution in [3.8, 4) is 0 Å². The molecule has 0 aliphatic carbocycles. The topological polar surface area (TPSA) is 83.3 Å². The fraction of sp³-hybridized carbons (Fsp3) is 0. The summed E-state index contributed by atoms with van der Waals surface area (Å²) in [6, 6.07) is 0.406. The van der Waals surface area contributed by atoms with E-state index in [0.29, 0.717) is 0 Å². The number of hydrogen-bond donors (Lipinski definition) is 0. The summed E-state index contributed by atoms with van der Waals surface area (Å²) in [4.78, 5) is 19.2. The van der Waals surface area contributed by atoms with E-state index in [0.717, 1.165) is 0 Å². The summed E-state index contributed by atoms with van der Waals surface area (Å²) in [5.74, 6) is -4.78. The SMILES string of the molecule is O=C([O-])c1cc([N+](=O)[O-])c(F)cc1F. The highest BCUT2D eigenvalue weighted by molar-refractivity contribution is 5.86. The number of carbonyl (C=O) groups is 1. The Balaban J connectivity index is 3.42. The van der Waals surface area contributed by atoms with Crippen LogP contribution in [0.25, 0.3) is 0 Å². The molecule has 0 aliphatic rings. The van der Waals surface area contributed by atoms with Gasteiger partial charge in [0, 0.05) is 17.7 Å². The molecular formula is C7H2F2NO4-. The maximum Gasteiger partial charge on any atom is 0.305 e. The highest BCUT2D eigenvalue weighted by Crippen LogP contribution is 2.20. The monoisotopic (exact) mass is 202 g/mol. The molecule has 0 amide bonds. The van der Waals surface area contributed by atoms with Crippen molar-refractivity contribution in [3.05, 3.63) is 39.4 Å². The van der Waals surface area contributed by atoms with Crippen molar-refractivity contribution in [2.24, 2.45) is 0 Å². The van der Waals surface area contributed by atoms with Crippen LogP contribution in [0, 0.1) is 21.7 Å². The predicted octanol–water partition coefficient (Wildman–Crippen LogP) is 0.237. The van der Waals surface area contributed by atoms with Crippen LogP contribution >= 0.6 is 0 Å². The van der Waals surface area contributed by atoms with Crippen LogP contribution in [-0.2, 0) is 0 Å². The Kier molecular flexibility index (Phi) is 2.41. The van der Waals surface area contributed by atoms with Crippen LogP contribution in [-0.4, -0.2) is 10.9 Å². The van der Waals surface area contributed by atoms with Crippen molar-refractivity contribution in [2.45, 2.75) is 0 Å². The Hall–Kier alpha value is -2.05. The Morgan fingerprint density at radius 3 is 2.29 bits per heavy atom. The predicted molar refractivity (Wildman–Crippen MR) is 37.3 cm³/mol. The molecular weight excluding hydrogens is 200 g/mol. The number of hydrogen-bond acceptors (Lipinski definition) is 4. The van der Waals surface area contributed by atoms with Crippen molar-refractivity contribution in [3.63, 3.8) is 0 Å². The molecule has 0 aromatic heterocycles. The number of carbonyl (C=O) groups excluding carboxylic acids is 1. The third-order valence-corrected chi connectivity index (χ3v) is 1.45. The number of nitrogens with zero attached hydrogens (tertiary/aromatic N) is 1. The summed E-state index contributed by atoms with van der Waals surface area (Å²) in [7, 11) is 0. The van der Waals surface area contributed by atoms with Crippen molar-refractivity contribution >= 4 is 11.7 Å². The summed E-state index contributed by atoms with van der Waals surface area (Å²) in [6.07, 6.45) is 0. The first-order valence-corrected chi connectivity index (χ1v) is 3.28. The molecule has 1 rings (SSSR count). The number of nitro benzene ring substituents is 1. The van der Waals surface area contributed by atoms with Gasteiger partial charge in [-0.2, -0.15) is 4.39 Å². The van der Waals surface area contributed by atoms with Crippen LogP contribution < -0.4 is 5.11 Å². The second-order valence-electron chi connectivity index (χ2n) is 2.33. The number of carboxylic acids is 1. The average Bonchev–Trinajstić information content (AvgIpc) is 2.02. The number of benzene rings is 1. The molecule has 0 heterocycles. The second kappa shape index (κ2) is 3.36. The Labute approximate surface area is 75.7 Å². The first kappa shape index (κ1) is 10.0. The molecule has 0 aliphatic heterocycles. The summed E-state index contributed by atoms with van der Waals surface area (Å²) in [5, 5.41) is 20.3. The van der Waals surface area contributed by atoms with Gasteiger partial charge < -0.3 is 9.90 Å². The smallest absolute Gasteiger partial charge is 0.305 e. The van der Waals surface area contributed by atoms with Crippen LogP contribution in [0.4, 0.5) is 14.5 Å². The van der Waals surface area contributed by atoms with E-state index in [1.165, 1.54) is 0 Å². The van der Waals surface area contributed by atoms with E-state index >= 15 is 0 Å². The lowest BCUT2D eigenvalue weighted by atomic mass is 10.2. The molecule has 1 aromatic rings. The third-order valence-electron chi connectivity index (χ3n) is 1.45. The largest absolute Gasteiger partial charge is 0.545 e. The van der Waals surface area contributed by atoms with E-state index in [-0.39, 0.29) is 12.1 Å². The summed E-state index contributed by atoms with van der Waals surface area (Å²) >= 11 is 0. The zero-order valence-electron chi connectivity index (χ0n) is 6.49. The second-order valence-corrected chi connectivity index (χ2v) is 2.33. The summed E-state index contributed by atoms with van der Waals surface area (Å²) in [6.45, 7) is 0. The minimum absolute atomic E-state index is 0.128. The molecule has 0 radical (unpaired) electrons. The van der Waals surface area contributed by atoms with Crippen LogP contribution in [0.15, 0.2) is 12.1 Å². The van der Waals surface area contributed by atoms with Crippen LogP contribution in [0.1, 0.15) is 10.4 Å². The molecule has 0 atom stereocenters. The molecule has 0 bridgehead atoms.